The van der Waals surface area contributed by atoms with Crippen LogP contribution in [0.4, 0.5) is 11.5 Å². The Bertz CT molecular complexity index is 1340. The highest BCUT2D eigenvalue weighted by Crippen LogP contribution is 2.34. The fraction of sp³-hybridized carbons (Fsp3) is 0.286. The molecule has 204 valence electrons. The van der Waals surface area contributed by atoms with E-state index in [-0.39, 0.29) is 35.0 Å². The minimum Gasteiger partial charge on any atom is -0.504 e. The topological polar surface area (TPSA) is 145 Å². The van der Waals surface area contributed by atoms with Gasteiger partial charge in [-0.05, 0) is 56.0 Å². The molecule has 2 aromatic carbocycles. The van der Waals surface area contributed by atoms with Crippen LogP contribution in [0.5, 0.6) is 11.5 Å². The summed E-state index contributed by atoms with van der Waals surface area (Å²) in [4.78, 5) is 41.1. The first kappa shape index (κ1) is 27.8. The Balaban J connectivity index is 1.58. The molecule has 0 fully saturated rings. The van der Waals surface area contributed by atoms with Crippen molar-refractivity contribution in [2.75, 3.05) is 21.7 Å². The molecule has 0 aliphatic heterocycles. The minimum absolute atomic E-state index is 0.0238. The normalized spacial score (nSPS) is 15.4. The van der Waals surface area contributed by atoms with Gasteiger partial charge in [-0.2, -0.15) is 0 Å². The Kier molecular flexibility index (Phi) is 9.27. The monoisotopic (exact) mass is 550 g/mol. The molecule has 0 bridgehead atoms. The number of rotatable bonds is 10. The highest BCUT2D eigenvalue weighted by molar-refractivity contribution is 8.00. The fourth-order valence-electron chi connectivity index (χ4n) is 4.25. The van der Waals surface area contributed by atoms with Gasteiger partial charge in [0.25, 0.3) is 0 Å². The van der Waals surface area contributed by atoms with Gasteiger partial charge in [0.05, 0.1) is 11.5 Å². The number of allylic oxidation sites excluding steroid dienone is 1. The van der Waals surface area contributed by atoms with Crippen molar-refractivity contribution in [1.82, 2.24) is 10.5 Å². The van der Waals surface area contributed by atoms with Crippen LogP contribution in [0.25, 0.3) is 0 Å². The summed E-state index contributed by atoms with van der Waals surface area (Å²) in [6.07, 6.45) is 6.59. The highest BCUT2D eigenvalue weighted by atomic mass is 32.2. The molecule has 10 nitrogen and oxygen atoms in total. The van der Waals surface area contributed by atoms with Crippen molar-refractivity contribution in [3.63, 3.8) is 0 Å². The average molecular weight is 551 g/mol. The van der Waals surface area contributed by atoms with Crippen molar-refractivity contribution in [1.29, 1.82) is 0 Å². The Morgan fingerprint density at radius 2 is 1.90 bits per heavy atom. The number of thioether (sulfide) groups is 1. The fourth-order valence-corrected chi connectivity index (χ4v) is 4.93. The number of aryl methyl sites for hydroxylation is 1. The molecular weight excluding hydrogens is 520 g/mol. The Morgan fingerprint density at radius 1 is 1.10 bits per heavy atom. The van der Waals surface area contributed by atoms with Crippen LogP contribution in [0.15, 0.2) is 71.3 Å². The van der Waals surface area contributed by atoms with Crippen LogP contribution in [0.2, 0.25) is 0 Å². The van der Waals surface area contributed by atoms with Crippen molar-refractivity contribution >= 4 is 41.0 Å². The van der Waals surface area contributed by atoms with Gasteiger partial charge >= 0.3 is 0 Å². The second-order valence-electron chi connectivity index (χ2n) is 9.09. The number of hydrogen-bond acceptors (Lipinski definition) is 8. The second-order valence-corrected chi connectivity index (χ2v) is 10.1. The van der Waals surface area contributed by atoms with E-state index in [1.165, 1.54) is 23.1 Å². The number of carbonyl (C=O) groups excluding carboxylic acids is 3. The lowest BCUT2D eigenvalue weighted by molar-refractivity contribution is -0.126. The van der Waals surface area contributed by atoms with E-state index in [4.69, 9.17) is 4.52 Å². The van der Waals surface area contributed by atoms with Crippen LogP contribution in [-0.4, -0.2) is 50.6 Å². The number of aromatic nitrogens is 1. The van der Waals surface area contributed by atoms with Gasteiger partial charge in [-0.3, -0.25) is 19.3 Å². The number of amides is 3. The van der Waals surface area contributed by atoms with Crippen molar-refractivity contribution in [2.45, 2.75) is 38.3 Å². The molecular formula is C28H30N4O6S. The van der Waals surface area contributed by atoms with E-state index in [0.29, 0.717) is 17.0 Å². The maximum atomic E-state index is 13.7. The predicted molar refractivity (Wildman–Crippen MR) is 149 cm³/mol. The Hall–Kier alpha value is -4.25. The lowest BCUT2D eigenvalue weighted by atomic mass is 9.99. The molecule has 0 spiro atoms. The molecule has 3 aromatic rings. The number of phenols is 2. The number of nitrogens with zero attached hydrogens (tertiary/aromatic N) is 2. The molecule has 1 heterocycles. The van der Waals surface area contributed by atoms with E-state index in [1.807, 2.05) is 12.2 Å². The summed E-state index contributed by atoms with van der Waals surface area (Å²) in [6, 6.07) is 13.0. The van der Waals surface area contributed by atoms with Crippen LogP contribution in [0.1, 0.15) is 36.6 Å². The van der Waals surface area contributed by atoms with E-state index in [2.05, 4.69) is 15.8 Å². The van der Waals surface area contributed by atoms with Crippen LogP contribution >= 0.6 is 11.8 Å². The van der Waals surface area contributed by atoms with E-state index < -0.39 is 23.6 Å². The largest absolute Gasteiger partial charge is 0.504 e. The summed E-state index contributed by atoms with van der Waals surface area (Å²) in [7, 11) is 0. The van der Waals surface area contributed by atoms with Crippen molar-refractivity contribution in [2.24, 2.45) is 0 Å². The number of anilines is 2. The van der Waals surface area contributed by atoms with E-state index >= 15 is 0 Å². The maximum Gasteiger partial charge on any atom is 0.248 e. The molecule has 4 N–H and O–H groups in total. The van der Waals surface area contributed by atoms with Gasteiger partial charge in [0.1, 0.15) is 11.8 Å². The number of benzene rings is 2. The minimum atomic E-state index is -1.14. The Labute approximate surface area is 230 Å². The molecule has 11 heteroatoms. The van der Waals surface area contributed by atoms with Crippen LogP contribution < -0.4 is 15.5 Å². The third-order valence-electron chi connectivity index (χ3n) is 6.06. The second kappa shape index (κ2) is 13.0. The molecule has 3 amide bonds. The Morgan fingerprint density at radius 3 is 2.56 bits per heavy atom. The summed E-state index contributed by atoms with van der Waals surface area (Å²) in [5.41, 5.74) is 0.793. The zero-order valence-electron chi connectivity index (χ0n) is 21.4. The molecule has 39 heavy (non-hydrogen) atoms. The van der Waals surface area contributed by atoms with Crippen LogP contribution in [-0.2, 0) is 14.4 Å². The van der Waals surface area contributed by atoms with Crippen LogP contribution in [0, 0.1) is 6.92 Å². The third-order valence-corrected chi connectivity index (χ3v) is 6.98. The van der Waals surface area contributed by atoms with Gasteiger partial charge in [-0.1, -0.05) is 41.6 Å². The summed E-state index contributed by atoms with van der Waals surface area (Å²) < 4.78 is 4.94. The molecule has 4 rings (SSSR count). The average Bonchev–Trinajstić information content (AvgIpc) is 3.33. The summed E-state index contributed by atoms with van der Waals surface area (Å²) >= 11 is 1.09. The number of para-hydroxylation sites is 1. The molecule has 1 aliphatic carbocycles. The molecule has 0 saturated carbocycles. The molecule has 2 atom stereocenters. The summed E-state index contributed by atoms with van der Waals surface area (Å²) in [6.45, 7) is 1.71. The highest BCUT2D eigenvalue weighted by Gasteiger charge is 2.34. The first-order valence-electron chi connectivity index (χ1n) is 12.5. The smallest absolute Gasteiger partial charge is 0.248 e. The third kappa shape index (κ3) is 7.41. The number of aromatic hydroxyl groups is 2. The van der Waals surface area contributed by atoms with E-state index in [0.717, 1.165) is 31.0 Å². The molecule has 0 unspecified atom stereocenters. The predicted octanol–water partition coefficient (Wildman–Crippen LogP) is 4.07. The van der Waals surface area contributed by atoms with Gasteiger partial charge in [0, 0.05) is 17.8 Å². The molecule has 1 aromatic heterocycles. The molecule has 1 aliphatic rings. The van der Waals surface area contributed by atoms with Gasteiger partial charge in [-0.15, -0.1) is 11.8 Å². The summed E-state index contributed by atoms with van der Waals surface area (Å²) in [5.74, 6) is -1.22. The first-order valence-corrected chi connectivity index (χ1v) is 13.6. The zero-order chi connectivity index (χ0) is 27.8. The molecule has 0 radical (unpaired) electrons. The van der Waals surface area contributed by atoms with Crippen molar-refractivity contribution in [3.05, 3.63) is 78.1 Å². The van der Waals surface area contributed by atoms with Crippen molar-refractivity contribution < 1.29 is 29.1 Å². The van der Waals surface area contributed by atoms with Crippen LogP contribution in [0.3, 0.4) is 0 Å². The SMILES string of the molecule is Cc1cc(NC(=O)CSCC(=O)N(c2ccccc2)[C@H](C(=O)N[C@@H]2C=CCCC2)c2ccc(O)c(O)c2)no1. The van der Waals surface area contributed by atoms with E-state index in [1.54, 1.807) is 43.3 Å². The quantitative estimate of drug-likeness (QED) is 0.218. The number of phenolic OH excluding ortho intramolecular Hbond substituents is 2. The number of carbonyl (C=O) groups is 3. The lowest BCUT2D eigenvalue weighted by Gasteiger charge is -2.33. The van der Waals surface area contributed by atoms with Crippen molar-refractivity contribution in [3.8, 4) is 11.5 Å². The summed E-state index contributed by atoms with van der Waals surface area (Å²) in [5, 5.41) is 29.4. The van der Waals surface area contributed by atoms with Gasteiger partial charge < -0.3 is 25.4 Å². The maximum absolute atomic E-state index is 13.7. The van der Waals surface area contributed by atoms with Gasteiger partial charge in [0.2, 0.25) is 17.7 Å². The van der Waals surface area contributed by atoms with E-state index in [9.17, 15) is 24.6 Å². The standard InChI is InChI=1S/C28H30N4O6S/c1-18-14-24(31-38-18)30-25(35)16-39-17-26(36)32(21-10-6-3-7-11-21)27(19-12-13-22(33)23(34)15-19)28(37)29-20-8-4-2-5-9-20/h3-4,6-8,10-15,20,27,33-34H,2,5,9,16-17H2,1H3,(H,29,37)(H,30,31,35)/t20-,27+/m1/s1. The lowest BCUT2D eigenvalue weighted by Crippen LogP contribution is -2.47. The van der Waals surface area contributed by atoms with Gasteiger partial charge in [-0.25, -0.2) is 0 Å². The van der Waals surface area contributed by atoms with Gasteiger partial charge in [0.15, 0.2) is 17.3 Å². The number of hydrogen-bond donors (Lipinski definition) is 4. The number of nitrogens with one attached hydrogen (secondary N) is 2. The zero-order valence-corrected chi connectivity index (χ0v) is 22.2. The molecule has 0 saturated heterocycles. The first-order chi connectivity index (χ1) is 18.8.